The first-order valence-electron chi connectivity index (χ1n) is 6.33. The molecule has 1 aliphatic heterocycles. The minimum absolute atomic E-state index is 0.0926. The fraction of sp³-hybridized carbons (Fsp3) is 0.500. The van der Waals surface area contributed by atoms with Crippen LogP contribution in [0.2, 0.25) is 0 Å². The highest BCUT2D eigenvalue weighted by atomic mass is 16.5. The van der Waals surface area contributed by atoms with Gasteiger partial charge in [-0.2, -0.15) is 0 Å². The van der Waals surface area contributed by atoms with E-state index >= 15 is 0 Å². The summed E-state index contributed by atoms with van der Waals surface area (Å²) >= 11 is 0. The maximum Gasteiger partial charge on any atom is 0.253 e. The van der Waals surface area contributed by atoms with E-state index in [0.717, 1.165) is 25.2 Å². The Morgan fingerprint density at radius 1 is 1.56 bits per heavy atom. The summed E-state index contributed by atoms with van der Waals surface area (Å²) in [5.74, 6) is 0.309. The number of aryl methyl sites for hydroxylation is 1. The molecule has 1 aromatic carbocycles. The standard InChI is InChI=1S/C14H20N2O2/c1-9-4-3-5-12(15)13(9)14(17)16-10(2)11-6-7-18-8-11/h3-5,10-11H,6-8,15H2,1-2H3,(H,16,17). The Labute approximate surface area is 108 Å². The van der Waals surface area contributed by atoms with Crippen molar-refractivity contribution in [2.75, 3.05) is 18.9 Å². The van der Waals surface area contributed by atoms with E-state index in [1.54, 1.807) is 6.07 Å². The number of ether oxygens (including phenoxy) is 1. The van der Waals surface area contributed by atoms with Crippen molar-refractivity contribution >= 4 is 11.6 Å². The summed E-state index contributed by atoms with van der Waals surface area (Å²) in [5.41, 5.74) is 7.89. The van der Waals surface area contributed by atoms with Gasteiger partial charge < -0.3 is 15.8 Å². The fourth-order valence-corrected chi connectivity index (χ4v) is 2.34. The lowest BCUT2D eigenvalue weighted by Gasteiger charge is -2.20. The summed E-state index contributed by atoms with van der Waals surface area (Å²) in [6.45, 7) is 5.43. The van der Waals surface area contributed by atoms with Crippen LogP contribution in [0.5, 0.6) is 0 Å². The lowest BCUT2D eigenvalue weighted by molar-refractivity contribution is 0.0922. The fourth-order valence-electron chi connectivity index (χ4n) is 2.34. The molecule has 0 radical (unpaired) electrons. The highest BCUT2D eigenvalue weighted by molar-refractivity contribution is 6.00. The quantitative estimate of drug-likeness (QED) is 0.801. The average Bonchev–Trinajstić information content (AvgIpc) is 2.81. The van der Waals surface area contributed by atoms with E-state index in [1.165, 1.54) is 0 Å². The van der Waals surface area contributed by atoms with Crippen LogP contribution < -0.4 is 11.1 Å². The summed E-state index contributed by atoms with van der Waals surface area (Å²) in [6, 6.07) is 5.62. The SMILES string of the molecule is Cc1cccc(N)c1C(=O)NC(C)C1CCOC1. The van der Waals surface area contributed by atoms with Crippen LogP contribution >= 0.6 is 0 Å². The van der Waals surface area contributed by atoms with Crippen molar-refractivity contribution in [3.05, 3.63) is 29.3 Å². The molecule has 4 heteroatoms. The monoisotopic (exact) mass is 248 g/mol. The van der Waals surface area contributed by atoms with Gasteiger partial charge >= 0.3 is 0 Å². The summed E-state index contributed by atoms with van der Waals surface area (Å²) < 4.78 is 5.34. The van der Waals surface area contributed by atoms with Gasteiger partial charge in [-0.3, -0.25) is 4.79 Å². The third kappa shape index (κ3) is 2.64. The molecule has 2 rings (SSSR count). The Balaban J connectivity index is 2.07. The largest absolute Gasteiger partial charge is 0.398 e. The number of hydrogen-bond acceptors (Lipinski definition) is 3. The molecule has 0 spiro atoms. The zero-order chi connectivity index (χ0) is 13.1. The Morgan fingerprint density at radius 2 is 2.33 bits per heavy atom. The van der Waals surface area contributed by atoms with Crippen molar-refractivity contribution in [1.82, 2.24) is 5.32 Å². The molecule has 0 bridgehead atoms. The molecule has 4 nitrogen and oxygen atoms in total. The second kappa shape index (κ2) is 5.40. The molecule has 1 amide bonds. The van der Waals surface area contributed by atoms with E-state index < -0.39 is 0 Å². The number of amides is 1. The van der Waals surface area contributed by atoms with Gasteiger partial charge in [0.15, 0.2) is 0 Å². The molecule has 98 valence electrons. The molecule has 18 heavy (non-hydrogen) atoms. The van der Waals surface area contributed by atoms with E-state index in [9.17, 15) is 4.79 Å². The first-order valence-corrected chi connectivity index (χ1v) is 6.33. The minimum atomic E-state index is -0.0926. The van der Waals surface area contributed by atoms with E-state index in [4.69, 9.17) is 10.5 Å². The number of carbonyl (C=O) groups is 1. The van der Waals surface area contributed by atoms with Crippen LogP contribution in [0.3, 0.4) is 0 Å². The third-order valence-corrected chi connectivity index (χ3v) is 3.56. The van der Waals surface area contributed by atoms with Crippen LogP contribution in [-0.4, -0.2) is 25.2 Å². The van der Waals surface area contributed by atoms with Crippen LogP contribution in [-0.2, 0) is 4.74 Å². The molecular formula is C14H20N2O2. The minimum Gasteiger partial charge on any atom is -0.398 e. The van der Waals surface area contributed by atoms with Crippen LogP contribution in [0.1, 0.15) is 29.3 Å². The molecule has 0 aliphatic carbocycles. The smallest absolute Gasteiger partial charge is 0.253 e. The summed E-state index contributed by atoms with van der Waals surface area (Å²) in [5, 5.41) is 3.02. The van der Waals surface area contributed by atoms with Gasteiger partial charge in [0.2, 0.25) is 0 Å². The van der Waals surface area contributed by atoms with Crippen molar-refractivity contribution in [3.63, 3.8) is 0 Å². The summed E-state index contributed by atoms with van der Waals surface area (Å²) in [4.78, 5) is 12.2. The molecule has 2 atom stereocenters. The van der Waals surface area contributed by atoms with Crippen LogP contribution in [0.15, 0.2) is 18.2 Å². The zero-order valence-corrected chi connectivity index (χ0v) is 10.9. The van der Waals surface area contributed by atoms with Crippen LogP contribution in [0.4, 0.5) is 5.69 Å². The number of rotatable bonds is 3. The summed E-state index contributed by atoms with van der Waals surface area (Å²) in [6.07, 6.45) is 1.00. The van der Waals surface area contributed by atoms with Gasteiger partial charge in [-0.25, -0.2) is 0 Å². The molecule has 0 saturated carbocycles. The van der Waals surface area contributed by atoms with E-state index in [1.807, 2.05) is 26.0 Å². The molecular weight excluding hydrogens is 228 g/mol. The molecule has 0 aromatic heterocycles. The van der Waals surface area contributed by atoms with E-state index in [-0.39, 0.29) is 11.9 Å². The molecule has 1 saturated heterocycles. The number of hydrogen-bond donors (Lipinski definition) is 2. The summed E-state index contributed by atoms with van der Waals surface area (Å²) in [7, 11) is 0. The van der Waals surface area contributed by atoms with Gasteiger partial charge in [-0.05, 0) is 31.9 Å². The number of nitrogen functional groups attached to an aromatic ring is 1. The van der Waals surface area contributed by atoms with Gasteiger partial charge in [0.05, 0.1) is 12.2 Å². The Kier molecular flexibility index (Phi) is 3.87. The number of anilines is 1. The molecule has 2 unspecified atom stereocenters. The van der Waals surface area contributed by atoms with Gasteiger partial charge in [0, 0.05) is 24.3 Å². The normalized spacial score (nSPS) is 20.7. The van der Waals surface area contributed by atoms with E-state index in [2.05, 4.69) is 5.32 Å². The van der Waals surface area contributed by atoms with Crippen molar-refractivity contribution in [3.8, 4) is 0 Å². The number of carbonyl (C=O) groups excluding carboxylic acids is 1. The predicted octanol–water partition coefficient (Wildman–Crippen LogP) is 1.73. The van der Waals surface area contributed by atoms with Gasteiger partial charge in [0.1, 0.15) is 0 Å². The number of benzene rings is 1. The molecule has 1 fully saturated rings. The average molecular weight is 248 g/mol. The molecule has 1 aliphatic rings. The number of nitrogens with one attached hydrogen (secondary N) is 1. The van der Waals surface area contributed by atoms with Crippen molar-refractivity contribution in [2.45, 2.75) is 26.3 Å². The maximum atomic E-state index is 12.2. The second-order valence-corrected chi connectivity index (χ2v) is 4.92. The first kappa shape index (κ1) is 12.9. The van der Waals surface area contributed by atoms with Gasteiger partial charge in [-0.1, -0.05) is 12.1 Å². The zero-order valence-electron chi connectivity index (χ0n) is 10.9. The topological polar surface area (TPSA) is 64.4 Å². The van der Waals surface area contributed by atoms with Crippen LogP contribution in [0, 0.1) is 12.8 Å². The van der Waals surface area contributed by atoms with Crippen LogP contribution in [0.25, 0.3) is 0 Å². The Morgan fingerprint density at radius 3 is 2.94 bits per heavy atom. The Hall–Kier alpha value is -1.55. The predicted molar refractivity (Wildman–Crippen MR) is 71.4 cm³/mol. The molecule has 1 heterocycles. The van der Waals surface area contributed by atoms with E-state index in [0.29, 0.717) is 17.2 Å². The maximum absolute atomic E-state index is 12.2. The third-order valence-electron chi connectivity index (χ3n) is 3.56. The Bertz CT molecular complexity index is 419. The highest BCUT2D eigenvalue weighted by Crippen LogP contribution is 2.19. The molecule has 3 N–H and O–H groups in total. The lowest BCUT2D eigenvalue weighted by atomic mass is 9.99. The van der Waals surface area contributed by atoms with Crippen molar-refractivity contribution in [1.29, 1.82) is 0 Å². The first-order chi connectivity index (χ1) is 8.59. The number of nitrogens with two attached hydrogens (primary N) is 1. The second-order valence-electron chi connectivity index (χ2n) is 4.92. The highest BCUT2D eigenvalue weighted by Gasteiger charge is 2.24. The van der Waals surface area contributed by atoms with Crippen molar-refractivity contribution in [2.24, 2.45) is 5.92 Å². The van der Waals surface area contributed by atoms with Crippen molar-refractivity contribution < 1.29 is 9.53 Å². The van der Waals surface area contributed by atoms with Gasteiger partial charge in [0.25, 0.3) is 5.91 Å². The van der Waals surface area contributed by atoms with Gasteiger partial charge in [-0.15, -0.1) is 0 Å². The molecule has 1 aromatic rings. The lowest BCUT2D eigenvalue weighted by Crippen LogP contribution is -2.38.